The van der Waals surface area contributed by atoms with E-state index in [4.69, 9.17) is 9.16 Å². The van der Waals surface area contributed by atoms with Gasteiger partial charge in [0.05, 0.1) is 6.61 Å². The third kappa shape index (κ3) is 8.19. The summed E-state index contributed by atoms with van der Waals surface area (Å²) in [6.07, 6.45) is 4.94. The topological polar surface area (TPSA) is 77.3 Å². The van der Waals surface area contributed by atoms with Crippen molar-refractivity contribution in [3.8, 4) is 0 Å². The van der Waals surface area contributed by atoms with E-state index in [1.807, 2.05) is 0 Å². The Hall–Kier alpha value is -1.24. The summed E-state index contributed by atoms with van der Waals surface area (Å²) >= 11 is 0. The number of rotatable bonds is 8. The number of unbranched alkanes of at least 4 members (excludes halogenated alkanes) is 5. The van der Waals surface area contributed by atoms with Gasteiger partial charge < -0.3 is 9.16 Å². The number of azo groups is 1. The van der Waals surface area contributed by atoms with Gasteiger partial charge in [-0.2, -0.15) is 0 Å². The Morgan fingerprint density at radius 1 is 0.690 bits per heavy atom. The number of hydrogen-bond acceptors (Lipinski definition) is 4. The second-order valence-corrected chi connectivity index (χ2v) is 16.9. The van der Waals surface area contributed by atoms with Crippen LogP contribution < -0.4 is 0 Å². The van der Waals surface area contributed by atoms with Crippen LogP contribution in [-0.2, 0) is 9.16 Å². The van der Waals surface area contributed by atoms with E-state index in [0.29, 0.717) is 6.61 Å². The van der Waals surface area contributed by atoms with Crippen molar-refractivity contribution in [1.82, 2.24) is 0 Å². The summed E-state index contributed by atoms with van der Waals surface area (Å²) in [4.78, 5) is 24.3. The molecule has 0 aromatic heterocycles. The highest BCUT2D eigenvalue weighted by molar-refractivity contribution is 6.83. The number of ether oxygens (including phenoxy) is 1. The molecular weight excluding hydrogens is 384 g/mol. The van der Waals surface area contributed by atoms with Gasteiger partial charge in [-0.1, -0.05) is 112 Å². The van der Waals surface area contributed by atoms with Crippen LogP contribution in [-0.4, -0.2) is 27.1 Å². The van der Waals surface area contributed by atoms with Crippen molar-refractivity contribution >= 4 is 20.5 Å². The lowest BCUT2D eigenvalue weighted by Gasteiger charge is -2.56. The molecular formula is C22H44N2O4Si. The van der Waals surface area contributed by atoms with Crippen LogP contribution in [0.25, 0.3) is 0 Å². The molecule has 0 spiro atoms. The standard InChI is InChI=1S/C22H44N2O4Si/c1-11-12-13-14-15-16-17-27-18(25)23-24-19(26)28-29(20(2,3)4,21(5,6)7)22(8,9)10/h11-17H2,1-10H3/b24-23+. The van der Waals surface area contributed by atoms with Gasteiger partial charge in [0.1, 0.15) is 0 Å². The minimum atomic E-state index is -2.74. The lowest BCUT2D eigenvalue weighted by molar-refractivity contribution is 0.151. The lowest BCUT2D eigenvalue weighted by atomic mass is 10.1. The van der Waals surface area contributed by atoms with Crippen molar-refractivity contribution in [3.63, 3.8) is 0 Å². The predicted molar refractivity (Wildman–Crippen MR) is 121 cm³/mol. The Balaban J connectivity index is 4.95. The predicted octanol–water partition coefficient (Wildman–Crippen LogP) is 8.42. The van der Waals surface area contributed by atoms with Crippen LogP contribution in [0.5, 0.6) is 0 Å². The first-order chi connectivity index (χ1) is 13.1. The number of nitrogens with zero attached hydrogens (tertiary/aromatic N) is 2. The molecule has 0 aromatic carbocycles. The molecule has 170 valence electrons. The largest absolute Gasteiger partial charge is 0.499 e. The fourth-order valence-electron chi connectivity index (χ4n) is 5.14. The Morgan fingerprint density at radius 3 is 1.55 bits per heavy atom. The average Bonchev–Trinajstić information content (AvgIpc) is 2.53. The van der Waals surface area contributed by atoms with E-state index in [1.54, 1.807) is 0 Å². The summed E-state index contributed by atoms with van der Waals surface area (Å²) in [7, 11) is -2.74. The fraction of sp³-hybridized carbons (Fsp3) is 0.909. The first kappa shape index (κ1) is 27.8. The van der Waals surface area contributed by atoms with E-state index in [0.717, 1.165) is 19.3 Å². The Labute approximate surface area is 179 Å². The molecule has 0 unspecified atom stereocenters. The van der Waals surface area contributed by atoms with Crippen LogP contribution in [0.2, 0.25) is 15.1 Å². The van der Waals surface area contributed by atoms with Crippen molar-refractivity contribution in [2.24, 2.45) is 10.2 Å². The normalized spacial score (nSPS) is 13.6. The highest BCUT2D eigenvalue weighted by atomic mass is 28.4. The van der Waals surface area contributed by atoms with E-state index >= 15 is 0 Å². The van der Waals surface area contributed by atoms with Gasteiger partial charge in [-0.05, 0) is 21.5 Å². The molecule has 2 amide bonds. The van der Waals surface area contributed by atoms with E-state index in [-0.39, 0.29) is 15.1 Å². The highest BCUT2D eigenvalue weighted by Crippen LogP contribution is 2.62. The summed E-state index contributed by atoms with van der Waals surface area (Å²) in [5.74, 6) is 0. The molecule has 0 saturated heterocycles. The zero-order chi connectivity index (χ0) is 22.9. The molecule has 0 saturated carbocycles. The molecule has 0 rings (SSSR count). The third-order valence-corrected chi connectivity index (χ3v) is 12.2. The number of hydrogen-bond donors (Lipinski definition) is 0. The van der Waals surface area contributed by atoms with Gasteiger partial charge in [0, 0.05) is 0 Å². The minimum absolute atomic E-state index is 0.229. The molecule has 0 N–H and O–H groups in total. The van der Waals surface area contributed by atoms with Gasteiger partial charge >= 0.3 is 12.2 Å². The molecule has 0 aromatic rings. The zero-order valence-electron chi connectivity index (χ0n) is 20.5. The second kappa shape index (κ2) is 11.2. The maximum Gasteiger partial charge on any atom is 0.452 e. The van der Waals surface area contributed by atoms with Gasteiger partial charge in [0.25, 0.3) is 8.32 Å². The fourth-order valence-corrected chi connectivity index (χ4v) is 13.1. The van der Waals surface area contributed by atoms with E-state index < -0.39 is 20.5 Å². The van der Waals surface area contributed by atoms with Gasteiger partial charge in [-0.3, -0.25) is 0 Å². The molecule has 0 aliphatic heterocycles. The highest BCUT2D eigenvalue weighted by Gasteiger charge is 2.64. The molecule has 0 fully saturated rings. The van der Waals surface area contributed by atoms with Gasteiger partial charge in [-0.25, -0.2) is 9.59 Å². The molecule has 0 heterocycles. The van der Waals surface area contributed by atoms with Crippen molar-refractivity contribution in [1.29, 1.82) is 0 Å². The smallest absolute Gasteiger partial charge is 0.452 e. The van der Waals surface area contributed by atoms with Gasteiger partial charge in [0.15, 0.2) is 0 Å². The number of amides is 2. The summed E-state index contributed by atoms with van der Waals surface area (Å²) in [6, 6.07) is 0. The van der Waals surface area contributed by atoms with Gasteiger partial charge in [-0.15, -0.1) is 0 Å². The van der Waals surface area contributed by atoms with E-state index in [9.17, 15) is 9.59 Å². The summed E-state index contributed by atoms with van der Waals surface area (Å²) in [6.45, 7) is 21.4. The quantitative estimate of drug-likeness (QED) is 0.221. The zero-order valence-corrected chi connectivity index (χ0v) is 21.5. The van der Waals surface area contributed by atoms with Crippen molar-refractivity contribution in [2.75, 3.05) is 6.61 Å². The van der Waals surface area contributed by atoms with E-state index in [1.165, 1.54) is 19.3 Å². The van der Waals surface area contributed by atoms with Gasteiger partial charge in [0.2, 0.25) is 0 Å². The first-order valence-electron chi connectivity index (χ1n) is 10.9. The molecule has 0 atom stereocenters. The van der Waals surface area contributed by atoms with Crippen LogP contribution in [0, 0.1) is 0 Å². The Bertz CT molecular complexity index is 519. The van der Waals surface area contributed by atoms with Crippen LogP contribution in [0.15, 0.2) is 10.2 Å². The molecule has 0 radical (unpaired) electrons. The minimum Gasteiger partial charge on any atom is -0.499 e. The van der Waals surface area contributed by atoms with Crippen molar-refractivity contribution < 1.29 is 18.8 Å². The first-order valence-corrected chi connectivity index (χ1v) is 12.8. The molecule has 0 aliphatic rings. The Morgan fingerprint density at radius 2 is 1.10 bits per heavy atom. The SMILES string of the molecule is CCCCCCCCOC(=O)/N=N/C(=O)O[Si](C(C)(C)C)(C(C)(C)C)C(C)(C)C. The van der Waals surface area contributed by atoms with Crippen LogP contribution in [0.3, 0.4) is 0 Å². The van der Waals surface area contributed by atoms with Crippen LogP contribution in [0.4, 0.5) is 9.59 Å². The van der Waals surface area contributed by atoms with Crippen molar-refractivity contribution in [2.45, 2.75) is 123 Å². The monoisotopic (exact) mass is 428 g/mol. The molecule has 7 heteroatoms. The number of carbonyl (C=O) groups excluding carboxylic acids is 2. The lowest BCUT2D eigenvalue weighted by Crippen LogP contribution is -2.61. The summed E-state index contributed by atoms with van der Waals surface area (Å²) < 4.78 is 11.1. The maximum atomic E-state index is 12.5. The van der Waals surface area contributed by atoms with Crippen LogP contribution in [0.1, 0.15) is 108 Å². The maximum absolute atomic E-state index is 12.5. The Kier molecular flexibility index (Phi) is 10.7. The molecule has 6 nitrogen and oxygen atoms in total. The summed E-state index contributed by atoms with van der Waals surface area (Å²) in [5.41, 5.74) is 0. The second-order valence-electron chi connectivity index (χ2n) is 10.9. The summed E-state index contributed by atoms with van der Waals surface area (Å²) in [5, 5.41) is 6.24. The molecule has 0 bridgehead atoms. The molecule has 0 aliphatic carbocycles. The van der Waals surface area contributed by atoms with Crippen molar-refractivity contribution in [3.05, 3.63) is 0 Å². The number of carbonyl (C=O) groups is 2. The average molecular weight is 429 g/mol. The van der Waals surface area contributed by atoms with E-state index in [2.05, 4.69) is 79.5 Å². The van der Waals surface area contributed by atoms with Crippen LogP contribution >= 0.6 is 0 Å². The third-order valence-electron chi connectivity index (χ3n) is 5.35. The molecule has 29 heavy (non-hydrogen) atoms.